The molecule has 0 aliphatic carbocycles. The number of hydrogen-bond acceptors (Lipinski definition) is 4. The van der Waals surface area contributed by atoms with E-state index in [1.807, 2.05) is 36.4 Å². The van der Waals surface area contributed by atoms with Crippen LogP contribution in [0.25, 0.3) is 0 Å². The maximum atomic E-state index is 5.10. The van der Waals surface area contributed by atoms with Gasteiger partial charge >= 0.3 is 0 Å². The lowest BCUT2D eigenvalue weighted by Crippen LogP contribution is -2.04. The van der Waals surface area contributed by atoms with Crippen molar-refractivity contribution in [3.8, 4) is 0 Å². The van der Waals surface area contributed by atoms with Crippen molar-refractivity contribution in [1.82, 2.24) is 0 Å². The number of aliphatic imine (C=N–C) groups is 2. The number of rotatable bonds is 2. The Kier molecular flexibility index (Phi) is 5.02. The molecule has 0 amide bonds. The van der Waals surface area contributed by atoms with Crippen LogP contribution in [0.4, 0.5) is 11.4 Å². The van der Waals surface area contributed by atoms with Crippen LogP contribution in [0.3, 0.4) is 0 Å². The minimum atomic E-state index is 0.958. The molecule has 4 aromatic carbocycles. The molecule has 32 heavy (non-hydrogen) atoms. The monoisotopic (exact) mass is 446 g/mol. The predicted molar refractivity (Wildman–Crippen MR) is 137 cm³/mol. The van der Waals surface area contributed by atoms with E-state index in [4.69, 9.17) is 9.98 Å². The Labute approximate surface area is 195 Å². The fourth-order valence-corrected chi connectivity index (χ4v) is 6.27. The number of thioether (sulfide) groups is 2. The number of fused-ring (bicyclic) bond motifs is 2. The van der Waals surface area contributed by atoms with E-state index >= 15 is 0 Å². The molecule has 0 saturated heterocycles. The summed E-state index contributed by atoms with van der Waals surface area (Å²) in [6, 6.07) is 37.4. The molecule has 2 nitrogen and oxygen atoms in total. The summed E-state index contributed by atoms with van der Waals surface area (Å²) in [5.74, 6) is 0. The summed E-state index contributed by atoms with van der Waals surface area (Å²) in [5.41, 5.74) is 6.32. The molecule has 152 valence electrons. The summed E-state index contributed by atoms with van der Waals surface area (Å²) in [6.07, 6.45) is 0. The molecule has 0 N–H and O–H groups in total. The Morgan fingerprint density at radius 3 is 1.22 bits per heavy atom. The minimum absolute atomic E-state index is 0.958. The molecule has 0 radical (unpaired) electrons. The maximum Gasteiger partial charge on any atom is 0.0872 e. The lowest BCUT2D eigenvalue weighted by atomic mass is 10.1. The van der Waals surface area contributed by atoms with Crippen LogP contribution in [0.1, 0.15) is 11.1 Å². The van der Waals surface area contributed by atoms with Crippen LogP contribution < -0.4 is 0 Å². The van der Waals surface area contributed by atoms with Crippen LogP contribution in [0.2, 0.25) is 0 Å². The van der Waals surface area contributed by atoms with Crippen LogP contribution >= 0.6 is 23.5 Å². The average molecular weight is 447 g/mol. The molecule has 2 aliphatic rings. The predicted octanol–water partition coefficient (Wildman–Crippen LogP) is 8.05. The van der Waals surface area contributed by atoms with E-state index in [0.717, 1.165) is 22.8 Å². The van der Waals surface area contributed by atoms with Gasteiger partial charge in [0.05, 0.1) is 32.6 Å². The Bertz CT molecular complexity index is 1290. The second-order valence-corrected chi connectivity index (χ2v) is 9.55. The molecule has 0 aromatic heterocycles. The molecule has 4 heteroatoms. The molecule has 2 aliphatic heterocycles. The van der Waals surface area contributed by atoms with Gasteiger partial charge in [0.1, 0.15) is 0 Å². The van der Waals surface area contributed by atoms with E-state index < -0.39 is 0 Å². The average Bonchev–Trinajstić information content (AvgIpc) is 3.39. The van der Waals surface area contributed by atoms with Gasteiger partial charge in [-0.25, -0.2) is 9.98 Å². The molecule has 0 unspecified atom stereocenters. The van der Waals surface area contributed by atoms with Gasteiger partial charge in [-0.05, 0) is 36.4 Å². The van der Waals surface area contributed by atoms with Gasteiger partial charge < -0.3 is 0 Å². The van der Waals surface area contributed by atoms with E-state index in [2.05, 4.69) is 72.8 Å². The molecule has 0 fully saturated rings. The van der Waals surface area contributed by atoms with Crippen molar-refractivity contribution in [3.63, 3.8) is 0 Å². The zero-order valence-corrected chi connectivity index (χ0v) is 18.7. The Morgan fingerprint density at radius 1 is 0.406 bits per heavy atom. The fourth-order valence-electron chi connectivity index (χ4n) is 3.86. The van der Waals surface area contributed by atoms with E-state index in [1.165, 1.54) is 30.7 Å². The topological polar surface area (TPSA) is 24.7 Å². The van der Waals surface area contributed by atoms with Crippen molar-refractivity contribution in [2.75, 3.05) is 0 Å². The normalized spacial score (nSPS) is 19.4. The lowest BCUT2D eigenvalue weighted by Gasteiger charge is -2.07. The summed E-state index contributed by atoms with van der Waals surface area (Å²) >= 11 is 3.59. The van der Waals surface area contributed by atoms with Gasteiger partial charge in [-0.15, -0.1) is 0 Å². The zero-order valence-electron chi connectivity index (χ0n) is 17.1. The van der Waals surface area contributed by atoms with Gasteiger partial charge in [-0.1, -0.05) is 96.3 Å². The quantitative estimate of drug-likeness (QED) is 0.311. The first kappa shape index (κ1) is 19.4. The van der Waals surface area contributed by atoms with Crippen molar-refractivity contribution >= 4 is 46.3 Å². The largest absolute Gasteiger partial charge is 0.247 e. The molecular formula is C28H18N2S2. The van der Waals surface area contributed by atoms with E-state index in [0.29, 0.717) is 0 Å². The van der Waals surface area contributed by atoms with Crippen molar-refractivity contribution in [3.05, 3.63) is 130 Å². The summed E-state index contributed by atoms with van der Waals surface area (Å²) in [5, 5.41) is 0. The summed E-state index contributed by atoms with van der Waals surface area (Å²) in [7, 11) is 0. The highest BCUT2D eigenvalue weighted by Gasteiger charge is 2.33. The SMILES string of the molecule is c1ccc(N=C2/C(=C3\Sc4ccccc4C3=Nc3ccccc3)Sc3ccccc32)cc1. The first-order valence-electron chi connectivity index (χ1n) is 10.4. The van der Waals surface area contributed by atoms with Crippen LogP contribution in [0.15, 0.2) is 139 Å². The number of benzene rings is 4. The number of hydrogen-bond donors (Lipinski definition) is 0. The third-order valence-corrected chi connectivity index (χ3v) is 7.82. The van der Waals surface area contributed by atoms with Crippen LogP contribution in [-0.2, 0) is 0 Å². The highest BCUT2D eigenvalue weighted by molar-refractivity contribution is 8.08. The highest BCUT2D eigenvalue weighted by Crippen LogP contribution is 2.51. The van der Waals surface area contributed by atoms with Gasteiger partial charge in [-0.2, -0.15) is 0 Å². The summed E-state index contributed by atoms with van der Waals surface area (Å²) in [6.45, 7) is 0. The van der Waals surface area contributed by atoms with Gasteiger partial charge in [0.2, 0.25) is 0 Å². The first-order valence-corrected chi connectivity index (χ1v) is 12.1. The third-order valence-electron chi connectivity index (χ3n) is 5.34. The van der Waals surface area contributed by atoms with Crippen molar-refractivity contribution in [2.24, 2.45) is 9.98 Å². The van der Waals surface area contributed by atoms with Crippen molar-refractivity contribution in [2.45, 2.75) is 9.79 Å². The molecule has 4 aromatic rings. The van der Waals surface area contributed by atoms with Gasteiger partial charge in [-0.3, -0.25) is 0 Å². The maximum absolute atomic E-state index is 5.10. The minimum Gasteiger partial charge on any atom is -0.247 e. The van der Waals surface area contributed by atoms with Gasteiger partial charge in [0.15, 0.2) is 0 Å². The Balaban J connectivity index is 1.58. The smallest absolute Gasteiger partial charge is 0.0872 e. The number of allylic oxidation sites excluding steroid dienone is 2. The molecule has 0 bridgehead atoms. The van der Waals surface area contributed by atoms with Crippen molar-refractivity contribution in [1.29, 1.82) is 0 Å². The molecule has 6 rings (SSSR count). The Hall–Kier alpha value is -3.34. The van der Waals surface area contributed by atoms with E-state index in [9.17, 15) is 0 Å². The zero-order chi connectivity index (χ0) is 21.3. The van der Waals surface area contributed by atoms with Crippen LogP contribution in [0, 0.1) is 0 Å². The fraction of sp³-hybridized carbons (Fsp3) is 0. The third kappa shape index (κ3) is 3.52. The van der Waals surface area contributed by atoms with Gasteiger partial charge in [0.25, 0.3) is 0 Å². The second-order valence-electron chi connectivity index (χ2n) is 7.45. The highest BCUT2D eigenvalue weighted by atomic mass is 32.2. The number of nitrogens with zero attached hydrogens (tertiary/aromatic N) is 2. The Morgan fingerprint density at radius 2 is 0.781 bits per heavy atom. The molecular weight excluding hydrogens is 428 g/mol. The molecule has 2 heterocycles. The van der Waals surface area contributed by atoms with Gasteiger partial charge in [0, 0.05) is 20.9 Å². The standard InChI is InChI=1S/C28H18N2S2/c1-3-11-19(12-4-1)29-25-21-15-7-9-17-23(21)31-27(25)28-26(30-20-13-5-2-6-14-20)22-16-8-10-18-24(22)32-28/h1-18H/b28-27+,29-25?,30-26?. The van der Waals surface area contributed by atoms with Crippen molar-refractivity contribution < 1.29 is 0 Å². The summed E-state index contributed by atoms with van der Waals surface area (Å²) < 4.78 is 0. The lowest BCUT2D eigenvalue weighted by molar-refractivity contribution is 1.42. The van der Waals surface area contributed by atoms with Crippen LogP contribution in [-0.4, -0.2) is 11.4 Å². The number of para-hydroxylation sites is 2. The second kappa shape index (κ2) is 8.30. The molecule has 0 atom stereocenters. The summed E-state index contributed by atoms with van der Waals surface area (Å²) in [4.78, 5) is 15.0. The van der Waals surface area contributed by atoms with E-state index in [-0.39, 0.29) is 0 Å². The molecule has 0 spiro atoms. The van der Waals surface area contributed by atoms with E-state index in [1.54, 1.807) is 23.5 Å². The van der Waals surface area contributed by atoms with Crippen LogP contribution in [0.5, 0.6) is 0 Å². The molecule has 0 saturated carbocycles. The first-order chi connectivity index (χ1) is 15.9.